The van der Waals surface area contributed by atoms with Crippen molar-refractivity contribution in [3.63, 3.8) is 0 Å². The quantitative estimate of drug-likeness (QED) is 0.253. The number of ether oxygens (including phenoxy) is 1. The number of fused-ring (bicyclic) bond motifs is 1. The molecule has 2 aliphatic rings. The van der Waals surface area contributed by atoms with Crippen LogP contribution < -0.4 is 4.74 Å². The molecule has 0 amide bonds. The summed E-state index contributed by atoms with van der Waals surface area (Å²) in [5.41, 5.74) is 1.55. The van der Waals surface area contributed by atoms with Gasteiger partial charge in [0.2, 0.25) is 5.01 Å². The molecular formula is C27H28F5NOS. The summed E-state index contributed by atoms with van der Waals surface area (Å²) >= 11 is 0.789. The van der Waals surface area contributed by atoms with Gasteiger partial charge in [0.1, 0.15) is 5.75 Å². The minimum atomic E-state index is -3.92. The van der Waals surface area contributed by atoms with Crippen molar-refractivity contribution in [2.24, 2.45) is 17.8 Å². The average Bonchev–Trinajstić information content (AvgIpc) is 3.28. The van der Waals surface area contributed by atoms with Crippen molar-refractivity contribution in [3.05, 3.63) is 58.4 Å². The van der Waals surface area contributed by atoms with E-state index in [1.165, 1.54) is 38.5 Å². The smallest absolute Gasteiger partial charge is 0.427 e. The number of nitrogens with zero attached hydrogens (tertiary/aromatic N) is 1. The minimum Gasteiger partial charge on any atom is -0.427 e. The summed E-state index contributed by atoms with van der Waals surface area (Å²) in [6.45, 7) is 2.35. The number of hydrogen-bond acceptors (Lipinski definition) is 3. The highest BCUT2D eigenvalue weighted by Gasteiger charge is 2.39. The van der Waals surface area contributed by atoms with Crippen LogP contribution in [0.4, 0.5) is 22.0 Å². The first-order valence-electron chi connectivity index (χ1n) is 12.3. The third kappa shape index (κ3) is 5.18. The molecule has 1 aromatic heterocycles. The fraction of sp³-hybridized carbons (Fsp3) is 0.519. The molecule has 2 saturated carbocycles. The Morgan fingerprint density at radius 3 is 2.09 bits per heavy atom. The van der Waals surface area contributed by atoms with Crippen LogP contribution in [0, 0.1) is 35.2 Å². The Balaban J connectivity index is 1.28. The fourth-order valence-corrected chi connectivity index (χ4v) is 6.71. The number of benzene rings is 2. The zero-order valence-electron chi connectivity index (χ0n) is 19.5. The molecule has 188 valence electrons. The van der Waals surface area contributed by atoms with Crippen LogP contribution in [0.1, 0.15) is 74.8 Å². The largest absolute Gasteiger partial charge is 0.454 e. The van der Waals surface area contributed by atoms with Gasteiger partial charge in [-0.2, -0.15) is 8.78 Å². The van der Waals surface area contributed by atoms with Crippen molar-refractivity contribution in [2.45, 2.75) is 70.3 Å². The highest BCUT2D eigenvalue weighted by atomic mass is 32.1. The molecule has 0 saturated heterocycles. The van der Waals surface area contributed by atoms with Gasteiger partial charge in [-0.05, 0) is 79.9 Å². The fourth-order valence-electron chi connectivity index (χ4n) is 5.78. The van der Waals surface area contributed by atoms with Gasteiger partial charge in [-0.1, -0.05) is 25.8 Å². The summed E-state index contributed by atoms with van der Waals surface area (Å²) in [6, 6.07) is 6.41. The van der Waals surface area contributed by atoms with Gasteiger partial charge in [-0.15, -0.1) is 11.3 Å². The molecular weight excluding hydrogens is 481 g/mol. The molecule has 35 heavy (non-hydrogen) atoms. The molecule has 2 aromatic carbocycles. The monoisotopic (exact) mass is 509 g/mol. The second kappa shape index (κ2) is 9.68. The van der Waals surface area contributed by atoms with Crippen LogP contribution in [-0.2, 0) is 6.11 Å². The van der Waals surface area contributed by atoms with Crippen molar-refractivity contribution >= 4 is 21.6 Å². The SMILES string of the molecule is CC1CCC(C2CCC(c3ccc4nc(C(F)(F)Oc5cc(F)c(F)c(F)c5)sc4c3)CC2)CC1. The molecule has 2 fully saturated rings. The number of hydrogen-bond donors (Lipinski definition) is 0. The van der Waals surface area contributed by atoms with E-state index in [1.807, 2.05) is 12.1 Å². The highest BCUT2D eigenvalue weighted by molar-refractivity contribution is 7.18. The second-order valence-corrected chi connectivity index (χ2v) is 11.2. The molecule has 0 spiro atoms. The third-order valence-electron chi connectivity index (χ3n) is 7.84. The standard InChI is InChI=1S/C27H28F5NOS/c1-15-2-4-16(5-3-15)17-6-8-18(9-7-17)19-10-11-23-24(12-19)35-26(33-23)27(31,32)34-20-13-21(28)25(30)22(29)14-20/h10-18H,2-9H2,1H3. The van der Waals surface area contributed by atoms with Crippen molar-refractivity contribution < 1.29 is 26.7 Å². The molecule has 0 atom stereocenters. The summed E-state index contributed by atoms with van der Waals surface area (Å²) in [7, 11) is 0. The van der Waals surface area contributed by atoms with E-state index in [0.29, 0.717) is 28.3 Å². The average molecular weight is 510 g/mol. The zero-order valence-corrected chi connectivity index (χ0v) is 20.3. The maximum atomic E-state index is 14.7. The normalized spacial score (nSPS) is 25.7. The molecule has 2 nitrogen and oxygen atoms in total. The summed E-state index contributed by atoms with van der Waals surface area (Å²) in [5.74, 6) is -2.83. The van der Waals surface area contributed by atoms with Crippen LogP contribution in [0.2, 0.25) is 0 Å². The van der Waals surface area contributed by atoms with Gasteiger partial charge in [0.15, 0.2) is 17.5 Å². The lowest BCUT2D eigenvalue weighted by molar-refractivity contribution is -0.185. The van der Waals surface area contributed by atoms with E-state index in [4.69, 9.17) is 0 Å². The minimum absolute atomic E-state index is 0.391. The second-order valence-electron chi connectivity index (χ2n) is 10.2. The molecule has 0 N–H and O–H groups in total. The van der Waals surface area contributed by atoms with Crippen LogP contribution in [0.5, 0.6) is 5.75 Å². The van der Waals surface area contributed by atoms with E-state index in [1.54, 1.807) is 6.07 Å². The number of alkyl halides is 2. The number of halogens is 5. The summed E-state index contributed by atoms with van der Waals surface area (Å²) in [5, 5.41) is -0.620. The molecule has 5 rings (SSSR count). The third-order valence-corrected chi connectivity index (χ3v) is 8.90. The maximum absolute atomic E-state index is 14.7. The first-order chi connectivity index (χ1) is 16.7. The number of thiazole rings is 1. The van der Waals surface area contributed by atoms with Crippen molar-refractivity contribution in [2.75, 3.05) is 0 Å². The summed E-state index contributed by atoms with van der Waals surface area (Å²) in [4.78, 5) is 3.99. The Bertz CT molecular complexity index is 1170. The topological polar surface area (TPSA) is 22.1 Å². The molecule has 2 aliphatic carbocycles. The predicted octanol–water partition coefficient (Wildman–Crippen LogP) is 8.94. The van der Waals surface area contributed by atoms with Gasteiger partial charge in [-0.25, -0.2) is 18.2 Å². The Hall–Kier alpha value is -2.22. The van der Waals surface area contributed by atoms with Crippen LogP contribution in [0.15, 0.2) is 30.3 Å². The van der Waals surface area contributed by atoms with E-state index in [9.17, 15) is 22.0 Å². The lowest BCUT2D eigenvalue weighted by atomic mass is 9.68. The predicted molar refractivity (Wildman–Crippen MR) is 126 cm³/mol. The Kier molecular flexibility index (Phi) is 6.77. The van der Waals surface area contributed by atoms with E-state index >= 15 is 0 Å². The van der Waals surface area contributed by atoms with Gasteiger partial charge >= 0.3 is 6.11 Å². The Labute approximate surface area is 205 Å². The van der Waals surface area contributed by atoms with Crippen LogP contribution in [0.3, 0.4) is 0 Å². The Morgan fingerprint density at radius 2 is 1.46 bits per heavy atom. The van der Waals surface area contributed by atoms with Crippen LogP contribution in [-0.4, -0.2) is 4.98 Å². The van der Waals surface area contributed by atoms with Crippen molar-refractivity contribution in [1.29, 1.82) is 0 Å². The van der Waals surface area contributed by atoms with Gasteiger partial charge in [-0.3, -0.25) is 0 Å². The first kappa shape index (κ1) is 24.5. The molecule has 0 radical (unpaired) electrons. The summed E-state index contributed by atoms with van der Waals surface area (Å²) in [6.07, 6.45) is 6.10. The van der Waals surface area contributed by atoms with Crippen molar-refractivity contribution in [3.8, 4) is 5.75 Å². The van der Waals surface area contributed by atoms with Gasteiger partial charge < -0.3 is 4.74 Å². The van der Waals surface area contributed by atoms with Gasteiger partial charge in [0, 0.05) is 12.1 Å². The van der Waals surface area contributed by atoms with E-state index in [2.05, 4.69) is 16.6 Å². The molecule has 3 aromatic rings. The highest BCUT2D eigenvalue weighted by Crippen LogP contribution is 2.45. The van der Waals surface area contributed by atoms with Gasteiger partial charge in [0.05, 0.1) is 10.2 Å². The van der Waals surface area contributed by atoms with E-state index in [0.717, 1.165) is 47.5 Å². The molecule has 8 heteroatoms. The van der Waals surface area contributed by atoms with E-state index < -0.39 is 34.3 Å². The molecule has 0 bridgehead atoms. The van der Waals surface area contributed by atoms with Crippen LogP contribution in [0.25, 0.3) is 10.2 Å². The number of rotatable bonds is 5. The lowest BCUT2D eigenvalue weighted by Crippen LogP contribution is -2.24. The maximum Gasteiger partial charge on any atom is 0.454 e. The van der Waals surface area contributed by atoms with Crippen molar-refractivity contribution in [1.82, 2.24) is 4.98 Å². The number of aromatic nitrogens is 1. The summed E-state index contributed by atoms with van der Waals surface area (Å²) < 4.78 is 74.5. The molecule has 0 unspecified atom stereocenters. The molecule has 1 heterocycles. The zero-order chi connectivity index (χ0) is 24.7. The molecule has 0 aliphatic heterocycles. The van der Waals surface area contributed by atoms with E-state index in [-0.39, 0.29) is 0 Å². The van der Waals surface area contributed by atoms with Gasteiger partial charge in [0.25, 0.3) is 0 Å². The lowest BCUT2D eigenvalue weighted by Gasteiger charge is -2.37. The first-order valence-corrected chi connectivity index (χ1v) is 13.1. The Morgan fingerprint density at radius 1 is 0.857 bits per heavy atom. The van der Waals surface area contributed by atoms with Crippen LogP contribution >= 0.6 is 11.3 Å².